The average molecular weight is 149 g/mol. The molecule has 1 nitrogen and oxygen atoms in total. The zero-order chi connectivity index (χ0) is 7.78. The van der Waals surface area contributed by atoms with E-state index in [0.29, 0.717) is 6.42 Å². The van der Waals surface area contributed by atoms with Crippen LogP contribution in [-0.2, 0) is 0 Å². The highest BCUT2D eigenvalue weighted by Gasteiger charge is 2.41. The van der Waals surface area contributed by atoms with E-state index in [1.54, 1.807) is 0 Å². The predicted octanol–water partition coefficient (Wildman–Crippen LogP) is 1.77. The summed E-state index contributed by atoms with van der Waals surface area (Å²) in [6.45, 7) is 1.85. The lowest BCUT2D eigenvalue weighted by molar-refractivity contribution is -0.0665. The summed E-state index contributed by atoms with van der Waals surface area (Å²) in [7, 11) is 0. The molecule has 3 heteroatoms. The molecule has 1 aliphatic carbocycles. The van der Waals surface area contributed by atoms with Crippen molar-refractivity contribution in [3.63, 3.8) is 0 Å². The molecule has 0 amide bonds. The van der Waals surface area contributed by atoms with Crippen LogP contribution in [0.4, 0.5) is 8.78 Å². The zero-order valence-corrected chi connectivity index (χ0v) is 6.11. The van der Waals surface area contributed by atoms with Gasteiger partial charge in [-0.3, -0.25) is 0 Å². The lowest BCUT2D eigenvalue weighted by atomic mass is 9.85. The average Bonchev–Trinajstić information content (AvgIpc) is 1.78. The van der Waals surface area contributed by atoms with Crippen LogP contribution in [-0.4, -0.2) is 12.0 Å². The van der Waals surface area contributed by atoms with Crippen molar-refractivity contribution in [2.75, 3.05) is 0 Å². The van der Waals surface area contributed by atoms with Crippen LogP contribution in [0, 0.1) is 5.92 Å². The van der Waals surface area contributed by atoms with Gasteiger partial charge in [0.05, 0.1) is 6.04 Å². The van der Waals surface area contributed by atoms with E-state index in [-0.39, 0.29) is 12.3 Å². The van der Waals surface area contributed by atoms with Gasteiger partial charge in [-0.2, -0.15) is 0 Å². The van der Waals surface area contributed by atoms with Gasteiger partial charge in [0.1, 0.15) is 0 Å². The number of alkyl halides is 2. The number of hydrogen-bond acceptors (Lipinski definition) is 1. The fraction of sp³-hybridized carbons (Fsp3) is 1.00. The minimum Gasteiger partial charge on any atom is -0.323 e. The zero-order valence-electron chi connectivity index (χ0n) is 6.11. The standard InChI is InChI=1S/C7H13F2N/c1-5-2-3-6(10)7(8,9)4-5/h5-6H,2-4,10H2,1H3/t5-,6?/m0/s1. The molecule has 0 saturated heterocycles. The van der Waals surface area contributed by atoms with E-state index < -0.39 is 12.0 Å². The van der Waals surface area contributed by atoms with Gasteiger partial charge in [0, 0.05) is 6.42 Å². The number of rotatable bonds is 0. The lowest BCUT2D eigenvalue weighted by Crippen LogP contribution is -2.45. The van der Waals surface area contributed by atoms with Crippen molar-refractivity contribution in [2.24, 2.45) is 11.7 Å². The SMILES string of the molecule is C[C@H]1CCC(N)C(F)(F)C1. The second kappa shape index (κ2) is 2.46. The van der Waals surface area contributed by atoms with Gasteiger partial charge in [-0.05, 0) is 18.8 Å². The Kier molecular flexibility index (Phi) is 1.95. The Bertz CT molecular complexity index is 125. The van der Waals surface area contributed by atoms with Crippen molar-refractivity contribution in [1.82, 2.24) is 0 Å². The number of halogens is 2. The van der Waals surface area contributed by atoms with E-state index in [9.17, 15) is 8.78 Å². The van der Waals surface area contributed by atoms with Gasteiger partial charge in [0.2, 0.25) is 0 Å². The Morgan fingerprint density at radius 1 is 1.40 bits per heavy atom. The molecule has 0 radical (unpaired) electrons. The number of hydrogen-bond donors (Lipinski definition) is 1. The van der Waals surface area contributed by atoms with Gasteiger partial charge < -0.3 is 5.73 Å². The molecule has 60 valence electrons. The maximum Gasteiger partial charge on any atom is 0.263 e. The fourth-order valence-corrected chi connectivity index (χ4v) is 1.39. The van der Waals surface area contributed by atoms with Gasteiger partial charge in [-0.15, -0.1) is 0 Å². The first kappa shape index (κ1) is 7.92. The summed E-state index contributed by atoms with van der Waals surface area (Å²) in [6.07, 6.45) is 1.28. The molecule has 2 N–H and O–H groups in total. The summed E-state index contributed by atoms with van der Waals surface area (Å²) in [5, 5.41) is 0. The maximum absolute atomic E-state index is 12.7. The van der Waals surface area contributed by atoms with Gasteiger partial charge >= 0.3 is 0 Å². The van der Waals surface area contributed by atoms with Crippen molar-refractivity contribution in [3.8, 4) is 0 Å². The van der Waals surface area contributed by atoms with Crippen LogP contribution < -0.4 is 5.73 Å². The molecule has 1 fully saturated rings. The molecule has 2 atom stereocenters. The van der Waals surface area contributed by atoms with Crippen molar-refractivity contribution >= 4 is 0 Å². The first-order chi connectivity index (χ1) is 4.52. The van der Waals surface area contributed by atoms with Crippen LogP contribution in [0.15, 0.2) is 0 Å². The van der Waals surface area contributed by atoms with Gasteiger partial charge in [-0.1, -0.05) is 6.92 Å². The molecule has 1 aliphatic rings. The summed E-state index contributed by atoms with van der Waals surface area (Å²) in [5.41, 5.74) is 5.22. The second-order valence-electron chi connectivity index (χ2n) is 3.25. The summed E-state index contributed by atoms with van der Waals surface area (Å²) in [5.74, 6) is -2.48. The highest BCUT2D eigenvalue weighted by molar-refractivity contribution is 4.86. The van der Waals surface area contributed by atoms with Gasteiger partial charge in [0.25, 0.3) is 5.92 Å². The summed E-state index contributed by atoms with van der Waals surface area (Å²) in [6, 6.07) is -0.899. The first-order valence-corrected chi connectivity index (χ1v) is 3.66. The topological polar surface area (TPSA) is 26.0 Å². The van der Waals surface area contributed by atoms with Crippen molar-refractivity contribution in [1.29, 1.82) is 0 Å². The summed E-state index contributed by atoms with van der Waals surface area (Å²) >= 11 is 0. The Hall–Kier alpha value is -0.180. The molecule has 0 aromatic heterocycles. The Balaban J connectivity index is 2.55. The first-order valence-electron chi connectivity index (χ1n) is 3.66. The Morgan fingerprint density at radius 3 is 2.40 bits per heavy atom. The van der Waals surface area contributed by atoms with Crippen LogP contribution in [0.2, 0.25) is 0 Å². The van der Waals surface area contributed by atoms with E-state index in [0.717, 1.165) is 6.42 Å². The molecule has 1 unspecified atom stereocenters. The van der Waals surface area contributed by atoms with Gasteiger partial charge in [0.15, 0.2) is 0 Å². The third kappa shape index (κ3) is 1.45. The summed E-state index contributed by atoms with van der Waals surface area (Å²) in [4.78, 5) is 0. The van der Waals surface area contributed by atoms with E-state index in [2.05, 4.69) is 0 Å². The fourth-order valence-electron chi connectivity index (χ4n) is 1.39. The van der Waals surface area contributed by atoms with E-state index in [1.807, 2.05) is 6.92 Å². The molecular formula is C7H13F2N. The minimum atomic E-state index is -2.61. The molecule has 0 aromatic rings. The minimum absolute atomic E-state index is 0.0336. The number of nitrogens with two attached hydrogens (primary N) is 1. The van der Waals surface area contributed by atoms with Crippen LogP contribution in [0.3, 0.4) is 0 Å². The normalized spacial score (nSPS) is 39.6. The smallest absolute Gasteiger partial charge is 0.263 e. The highest BCUT2D eigenvalue weighted by atomic mass is 19.3. The van der Waals surface area contributed by atoms with E-state index in [4.69, 9.17) is 5.73 Å². The monoisotopic (exact) mass is 149 g/mol. The molecule has 0 bridgehead atoms. The largest absolute Gasteiger partial charge is 0.323 e. The van der Waals surface area contributed by atoms with Crippen LogP contribution in [0.1, 0.15) is 26.2 Å². The van der Waals surface area contributed by atoms with Gasteiger partial charge in [-0.25, -0.2) is 8.78 Å². The molecule has 1 rings (SSSR count). The van der Waals surface area contributed by atoms with Crippen LogP contribution in [0.25, 0.3) is 0 Å². The second-order valence-corrected chi connectivity index (χ2v) is 3.25. The maximum atomic E-state index is 12.7. The summed E-state index contributed by atoms with van der Waals surface area (Å²) < 4.78 is 25.4. The molecule has 1 saturated carbocycles. The Labute approximate surface area is 59.6 Å². The molecule has 0 aliphatic heterocycles. The predicted molar refractivity (Wildman–Crippen MR) is 35.9 cm³/mol. The van der Waals surface area contributed by atoms with Crippen LogP contribution in [0.5, 0.6) is 0 Å². The Morgan fingerprint density at radius 2 is 2.00 bits per heavy atom. The van der Waals surface area contributed by atoms with Crippen molar-refractivity contribution in [2.45, 2.75) is 38.2 Å². The third-order valence-electron chi connectivity index (χ3n) is 2.13. The van der Waals surface area contributed by atoms with Crippen LogP contribution >= 0.6 is 0 Å². The lowest BCUT2D eigenvalue weighted by Gasteiger charge is -2.31. The third-order valence-corrected chi connectivity index (χ3v) is 2.13. The highest BCUT2D eigenvalue weighted by Crippen LogP contribution is 2.35. The van der Waals surface area contributed by atoms with E-state index in [1.165, 1.54) is 0 Å². The van der Waals surface area contributed by atoms with E-state index >= 15 is 0 Å². The van der Waals surface area contributed by atoms with Crippen molar-refractivity contribution in [3.05, 3.63) is 0 Å². The molecule has 0 heterocycles. The quantitative estimate of drug-likeness (QED) is 0.558. The molecule has 10 heavy (non-hydrogen) atoms. The molecule has 0 spiro atoms. The molecular weight excluding hydrogens is 136 g/mol. The molecule has 0 aromatic carbocycles. The van der Waals surface area contributed by atoms with Crippen molar-refractivity contribution < 1.29 is 8.78 Å².